The zero-order chi connectivity index (χ0) is 12.9. The summed E-state index contributed by atoms with van der Waals surface area (Å²) < 4.78 is 7.72. The highest BCUT2D eigenvalue weighted by atomic mass is 16.5. The standard InChI is InChI=1S/C14H14N4O/c1-2-4-12(5-3-1)19-9-8-18-7-6-16-14(18)13-10-15-11-17-13/h1-7,10-11H,8-9H2,(H,15,17). The second kappa shape index (κ2) is 5.39. The van der Waals surface area contributed by atoms with Gasteiger partial charge in [0.1, 0.15) is 18.1 Å². The number of nitrogens with zero attached hydrogens (tertiary/aromatic N) is 3. The Morgan fingerprint density at radius 1 is 1.21 bits per heavy atom. The minimum Gasteiger partial charge on any atom is -0.492 e. The molecule has 0 atom stereocenters. The molecule has 2 heterocycles. The van der Waals surface area contributed by atoms with Crippen molar-refractivity contribution in [1.29, 1.82) is 0 Å². The van der Waals surface area contributed by atoms with E-state index in [1.165, 1.54) is 0 Å². The number of imidazole rings is 2. The van der Waals surface area contributed by atoms with E-state index in [4.69, 9.17) is 4.74 Å². The van der Waals surface area contributed by atoms with Crippen LogP contribution in [0.4, 0.5) is 0 Å². The molecule has 1 aromatic carbocycles. The van der Waals surface area contributed by atoms with Crippen LogP contribution in [0.1, 0.15) is 0 Å². The summed E-state index contributed by atoms with van der Waals surface area (Å²) >= 11 is 0. The lowest BCUT2D eigenvalue weighted by atomic mass is 10.3. The number of nitrogens with one attached hydrogen (secondary N) is 1. The monoisotopic (exact) mass is 254 g/mol. The Morgan fingerprint density at radius 3 is 2.89 bits per heavy atom. The Morgan fingerprint density at radius 2 is 2.11 bits per heavy atom. The van der Waals surface area contributed by atoms with Gasteiger partial charge >= 0.3 is 0 Å². The number of H-pyrrole nitrogens is 1. The van der Waals surface area contributed by atoms with Crippen LogP contribution in [0.2, 0.25) is 0 Å². The minimum atomic E-state index is 0.599. The van der Waals surface area contributed by atoms with Crippen LogP contribution in [0.25, 0.3) is 11.5 Å². The zero-order valence-electron chi connectivity index (χ0n) is 10.4. The predicted octanol–water partition coefficient (Wildman–Crippen LogP) is 2.35. The molecule has 0 aliphatic carbocycles. The lowest BCUT2D eigenvalue weighted by Crippen LogP contribution is -2.08. The SMILES string of the molecule is c1ccc(OCCn2ccnc2-c2cnc[nH]2)cc1. The van der Waals surface area contributed by atoms with Crippen LogP contribution in [0.3, 0.4) is 0 Å². The lowest BCUT2D eigenvalue weighted by molar-refractivity contribution is 0.299. The Labute approximate surface area is 110 Å². The van der Waals surface area contributed by atoms with Crippen molar-refractivity contribution in [1.82, 2.24) is 19.5 Å². The molecule has 0 bridgehead atoms. The Kier molecular flexibility index (Phi) is 3.27. The summed E-state index contributed by atoms with van der Waals surface area (Å²) in [7, 11) is 0. The van der Waals surface area contributed by atoms with Crippen molar-refractivity contribution in [3.8, 4) is 17.3 Å². The number of aromatic amines is 1. The van der Waals surface area contributed by atoms with Crippen LogP contribution in [-0.2, 0) is 6.54 Å². The van der Waals surface area contributed by atoms with Gasteiger partial charge in [0.05, 0.1) is 19.1 Å². The zero-order valence-corrected chi connectivity index (χ0v) is 10.4. The van der Waals surface area contributed by atoms with Crippen molar-refractivity contribution in [2.24, 2.45) is 0 Å². The van der Waals surface area contributed by atoms with Crippen molar-refractivity contribution in [2.75, 3.05) is 6.61 Å². The summed E-state index contributed by atoms with van der Waals surface area (Å²) in [6.07, 6.45) is 7.12. The van der Waals surface area contributed by atoms with Crippen LogP contribution in [-0.4, -0.2) is 26.1 Å². The van der Waals surface area contributed by atoms with Gasteiger partial charge in [0.2, 0.25) is 0 Å². The van der Waals surface area contributed by atoms with Gasteiger partial charge in [-0.2, -0.15) is 0 Å². The highest BCUT2D eigenvalue weighted by Crippen LogP contribution is 2.14. The molecule has 1 N–H and O–H groups in total. The second-order valence-corrected chi connectivity index (χ2v) is 4.07. The average Bonchev–Trinajstić information content (AvgIpc) is 3.10. The number of ether oxygens (including phenoxy) is 1. The van der Waals surface area contributed by atoms with E-state index in [1.807, 2.05) is 41.1 Å². The molecule has 5 nitrogen and oxygen atoms in total. The van der Waals surface area contributed by atoms with Crippen molar-refractivity contribution < 1.29 is 4.74 Å². The van der Waals surface area contributed by atoms with Crippen LogP contribution in [0.5, 0.6) is 5.75 Å². The van der Waals surface area contributed by atoms with Gasteiger partial charge in [-0.15, -0.1) is 0 Å². The molecule has 3 aromatic rings. The molecule has 0 aliphatic heterocycles. The van der Waals surface area contributed by atoms with E-state index in [1.54, 1.807) is 18.7 Å². The summed E-state index contributed by atoms with van der Waals surface area (Å²) in [5.74, 6) is 1.75. The molecule has 0 saturated carbocycles. The quantitative estimate of drug-likeness (QED) is 0.760. The van der Waals surface area contributed by atoms with Gasteiger partial charge < -0.3 is 14.3 Å². The van der Waals surface area contributed by atoms with Gasteiger partial charge in [0.15, 0.2) is 5.82 Å². The molecule has 0 spiro atoms. The molecule has 0 fully saturated rings. The summed E-state index contributed by atoms with van der Waals surface area (Å²) in [6.45, 7) is 1.34. The van der Waals surface area contributed by atoms with Crippen molar-refractivity contribution in [3.63, 3.8) is 0 Å². The highest BCUT2D eigenvalue weighted by molar-refractivity contribution is 5.47. The Balaban J connectivity index is 1.64. The van der Waals surface area contributed by atoms with Crippen LogP contribution < -0.4 is 4.74 Å². The van der Waals surface area contributed by atoms with Gasteiger partial charge in [-0.05, 0) is 12.1 Å². The van der Waals surface area contributed by atoms with E-state index in [9.17, 15) is 0 Å². The molecule has 3 rings (SSSR count). The molecule has 19 heavy (non-hydrogen) atoms. The second-order valence-electron chi connectivity index (χ2n) is 4.07. The normalized spacial score (nSPS) is 10.5. The highest BCUT2D eigenvalue weighted by Gasteiger charge is 2.06. The predicted molar refractivity (Wildman–Crippen MR) is 71.7 cm³/mol. The van der Waals surface area contributed by atoms with Gasteiger partial charge in [-0.25, -0.2) is 9.97 Å². The largest absolute Gasteiger partial charge is 0.492 e. The number of rotatable bonds is 5. The maximum atomic E-state index is 5.68. The number of hydrogen-bond acceptors (Lipinski definition) is 3. The third-order valence-corrected chi connectivity index (χ3v) is 2.80. The molecular formula is C14H14N4O. The van der Waals surface area contributed by atoms with E-state index in [2.05, 4.69) is 15.0 Å². The van der Waals surface area contributed by atoms with E-state index in [0.717, 1.165) is 23.8 Å². The Hall–Kier alpha value is -2.56. The fourth-order valence-corrected chi connectivity index (χ4v) is 1.89. The van der Waals surface area contributed by atoms with Crippen LogP contribution in [0, 0.1) is 0 Å². The topological polar surface area (TPSA) is 55.7 Å². The molecule has 2 aromatic heterocycles. The molecule has 0 saturated heterocycles. The molecule has 0 amide bonds. The third-order valence-electron chi connectivity index (χ3n) is 2.80. The number of para-hydroxylation sites is 1. The van der Waals surface area contributed by atoms with Gasteiger partial charge in [0.25, 0.3) is 0 Å². The van der Waals surface area contributed by atoms with Gasteiger partial charge in [0, 0.05) is 12.4 Å². The summed E-state index contributed by atoms with van der Waals surface area (Å²) in [6, 6.07) is 9.79. The molecule has 96 valence electrons. The maximum Gasteiger partial charge on any atom is 0.158 e. The summed E-state index contributed by atoms with van der Waals surface area (Å²) in [5.41, 5.74) is 0.907. The van der Waals surface area contributed by atoms with E-state index >= 15 is 0 Å². The fourth-order valence-electron chi connectivity index (χ4n) is 1.89. The van der Waals surface area contributed by atoms with Gasteiger partial charge in [-0.1, -0.05) is 18.2 Å². The van der Waals surface area contributed by atoms with Crippen LogP contribution in [0.15, 0.2) is 55.2 Å². The number of aromatic nitrogens is 4. The van der Waals surface area contributed by atoms with Gasteiger partial charge in [-0.3, -0.25) is 0 Å². The minimum absolute atomic E-state index is 0.599. The first-order valence-corrected chi connectivity index (χ1v) is 6.11. The Bertz CT molecular complexity index is 616. The van der Waals surface area contributed by atoms with Crippen molar-refractivity contribution >= 4 is 0 Å². The van der Waals surface area contributed by atoms with Crippen molar-refractivity contribution in [3.05, 3.63) is 55.2 Å². The summed E-state index contributed by atoms with van der Waals surface area (Å²) in [5, 5.41) is 0. The average molecular weight is 254 g/mol. The first kappa shape index (κ1) is 11.5. The van der Waals surface area contributed by atoms with E-state index < -0.39 is 0 Å². The first-order chi connectivity index (χ1) is 9.43. The first-order valence-electron chi connectivity index (χ1n) is 6.11. The number of hydrogen-bond donors (Lipinski definition) is 1. The molecule has 5 heteroatoms. The number of benzene rings is 1. The molecule has 0 aliphatic rings. The van der Waals surface area contributed by atoms with Crippen LogP contribution >= 0.6 is 0 Å². The third kappa shape index (κ3) is 2.65. The van der Waals surface area contributed by atoms with E-state index in [-0.39, 0.29) is 0 Å². The lowest BCUT2D eigenvalue weighted by Gasteiger charge is -2.08. The molecular weight excluding hydrogens is 240 g/mol. The maximum absolute atomic E-state index is 5.68. The summed E-state index contributed by atoms with van der Waals surface area (Å²) in [4.78, 5) is 11.4. The molecule has 0 radical (unpaired) electrons. The van der Waals surface area contributed by atoms with E-state index in [0.29, 0.717) is 6.61 Å². The fraction of sp³-hybridized carbons (Fsp3) is 0.143. The smallest absolute Gasteiger partial charge is 0.158 e. The van der Waals surface area contributed by atoms with Crippen molar-refractivity contribution in [2.45, 2.75) is 6.54 Å². The molecule has 0 unspecified atom stereocenters.